The van der Waals surface area contributed by atoms with Gasteiger partial charge >= 0.3 is 0 Å². The van der Waals surface area contributed by atoms with Gasteiger partial charge in [0.15, 0.2) is 11.6 Å². The quantitative estimate of drug-likeness (QED) is 0.144. The van der Waals surface area contributed by atoms with E-state index in [4.69, 9.17) is 9.47 Å². The molecule has 5 heteroatoms. The van der Waals surface area contributed by atoms with Crippen molar-refractivity contribution in [3.63, 3.8) is 0 Å². The van der Waals surface area contributed by atoms with Crippen molar-refractivity contribution < 1.29 is 22.6 Å². The largest absolute Gasteiger partial charge is 0.487 e. The van der Waals surface area contributed by atoms with E-state index in [1.807, 2.05) is 13.8 Å². The van der Waals surface area contributed by atoms with Gasteiger partial charge in [-0.25, -0.2) is 8.78 Å². The summed E-state index contributed by atoms with van der Waals surface area (Å²) < 4.78 is 53.3. The summed E-state index contributed by atoms with van der Waals surface area (Å²) in [6, 6.07) is 0. The van der Waals surface area contributed by atoms with Gasteiger partial charge in [0.2, 0.25) is 5.83 Å². The lowest BCUT2D eigenvalue weighted by atomic mass is 10.0. The average Bonchev–Trinajstić information content (AvgIpc) is 2.76. The molecule has 0 heterocycles. The van der Waals surface area contributed by atoms with Crippen LogP contribution in [0, 0.1) is 5.92 Å². The van der Waals surface area contributed by atoms with E-state index in [-0.39, 0.29) is 35.0 Å². The summed E-state index contributed by atoms with van der Waals surface area (Å²) in [5.74, 6) is -3.35. The SMILES string of the molecule is C=CCOC(=C)/C(F)=C(/F)C(=C)C(=C)/C=C\C(=C)C(=C)/C(F)=C\C(=C)C(C)OCC(C)C. The van der Waals surface area contributed by atoms with Crippen LogP contribution in [-0.4, -0.2) is 19.3 Å². The van der Waals surface area contributed by atoms with Crippen molar-refractivity contribution in [2.75, 3.05) is 13.2 Å². The second kappa shape index (κ2) is 14.1. The molecule has 0 radical (unpaired) electrons. The van der Waals surface area contributed by atoms with E-state index in [9.17, 15) is 13.2 Å². The molecule has 32 heavy (non-hydrogen) atoms. The molecule has 0 aliphatic heterocycles. The second-order valence-corrected chi connectivity index (χ2v) is 7.43. The van der Waals surface area contributed by atoms with Crippen LogP contribution in [0.1, 0.15) is 20.8 Å². The zero-order valence-electron chi connectivity index (χ0n) is 19.3. The molecule has 0 fully saturated rings. The van der Waals surface area contributed by atoms with Gasteiger partial charge in [-0.1, -0.05) is 78.1 Å². The number of halogens is 3. The van der Waals surface area contributed by atoms with Crippen LogP contribution in [0.25, 0.3) is 0 Å². The monoisotopic (exact) mass is 446 g/mol. The Bertz CT molecular complexity index is 883. The normalized spacial score (nSPS) is 13.4. The first-order chi connectivity index (χ1) is 14.8. The summed E-state index contributed by atoms with van der Waals surface area (Å²) in [5, 5.41) is 0. The van der Waals surface area contributed by atoms with Crippen molar-refractivity contribution in [2.24, 2.45) is 5.92 Å². The van der Waals surface area contributed by atoms with Crippen molar-refractivity contribution in [2.45, 2.75) is 26.9 Å². The van der Waals surface area contributed by atoms with Gasteiger partial charge in [0.1, 0.15) is 12.4 Å². The molecule has 0 N–H and O–H groups in total. The van der Waals surface area contributed by atoms with Crippen LogP contribution in [0.3, 0.4) is 0 Å². The van der Waals surface area contributed by atoms with Gasteiger partial charge in [-0.15, -0.1) is 0 Å². The summed E-state index contributed by atoms with van der Waals surface area (Å²) in [6.45, 7) is 31.4. The fourth-order valence-electron chi connectivity index (χ4n) is 1.99. The van der Waals surface area contributed by atoms with Gasteiger partial charge in [-0.2, -0.15) is 4.39 Å². The molecule has 2 nitrogen and oxygen atoms in total. The average molecular weight is 447 g/mol. The van der Waals surface area contributed by atoms with Gasteiger partial charge < -0.3 is 9.47 Å². The third-order valence-electron chi connectivity index (χ3n) is 4.14. The standard InChI is InChI=1S/C27H33F3O2/c1-11-14-31-24(10)27(30)26(29)22(8)19(5)13-12-18(4)21(7)25(28)15-20(6)23(9)32-16-17(2)3/h11-13,15,17,23H,1,4-8,10,14,16H2,2-3,9H3/b13-12-,25-15+,27-26-. The molecule has 0 saturated heterocycles. The van der Waals surface area contributed by atoms with Crippen molar-refractivity contribution in [1.82, 2.24) is 0 Å². The van der Waals surface area contributed by atoms with E-state index in [0.29, 0.717) is 18.1 Å². The number of hydrogen-bond acceptors (Lipinski definition) is 2. The van der Waals surface area contributed by atoms with Gasteiger partial charge in [0.25, 0.3) is 0 Å². The van der Waals surface area contributed by atoms with Crippen LogP contribution in [0.5, 0.6) is 0 Å². The third kappa shape index (κ3) is 9.84. The molecule has 0 saturated carbocycles. The van der Waals surface area contributed by atoms with E-state index in [0.717, 1.165) is 0 Å². The second-order valence-electron chi connectivity index (χ2n) is 7.43. The first kappa shape index (κ1) is 28.9. The van der Waals surface area contributed by atoms with Crippen LogP contribution in [0.4, 0.5) is 13.2 Å². The molecule has 0 aromatic heterocycles. The van der Waals surface area contributed by atoms with Gasteiger partial charge in [-0.05, 0) is 35.6 Å². The summed E-state index contributed by atoms with van der Waals surface area (Å²) in [7, 11) is 0. The smallest absolute Gasteiger partial charge is 0.200 e. The molecule has 174 valence electrons. The fraction of sp³-hybridized carbons (Fsp3) is 0.259. The maximum Gasteiger partial charge on any atom is 0.200 e. The van der Waals surface area contributed by atoms with Gasteiger partial charge in [-0.3, -0.25) is 0 Å². The molecule has 1 unspecified atom stereocenters. The lowest BCUT2D eigenvalue weighted by molar-refractivity contribution is 0.0715. The van der Waals surface area contributed by atoms with Crippen molar-refractivity contribution in [3.05, 3.63) is 121 Å². The molecule has 0 aromatic carbocycles. The van der Waals surface area contributed by atoms with Crippen molar-refractivity contribution in [1.29, 1.82) is 0 Å². The Balaban J connectivity index is 5.17. The minimum Gasteiger partial charge on any atom is -0.487 e. The van der Waals surface area contributed by atoms with Crippen molar-refractivity contribution >= 4 is 0 Å². The highest BCUT2D eigenvalue weighted by molar-refractivity contribution is 5.53. The maximum atomic E-state index is 14.5. The van der Waals surface area contributed by atoms with Gasteiger partial charge in [0, 0.05) is 17.8 Å². The summed E-state index contributed by atoms with van der Waals surface area (Å²) in [5.41, 5.74) is 0.388. The molecule has 1 atom stereocenters. The summed E-state index contributed by atoms with van der Waals surface area (Å²) in [4.78, 5) is 0. The van der Waals surface area contributed by atoms with Crippen molar-refractivity contribution in [3.8, 4) is 0 Å². The summed E-state index contributed by atoms with van der Waals surface area (Å²) >= 11 is 0. The molecule has 0 rings (SSSR count). The van der Waals surface area contributed by atoms with Crippen LogP contribution < -0.4 is 0 Å². The van der Waals surface area contributed by atoms with Gasteiger partial charge in [0.05, 0.1) is 6.10 Å². The van der Waals surface area contributed by atoms with E-state index in [2.05, 4.69) is 46.1 Å². The number of allylic oxidation sites excluding steroid dienone is 9. The molecule has 0 spiro atoms. The highest BCUT2D eigenvalue weighted by atomic mass is 19.2. The number of rotatable bonds is 15. The van der Waals surface area contributed by atoms with Crippen LogP contribution in [0.15, 0.2) is 121 Å². The zero-order valence-corrected chi connectivity index (χ0v) is 19.3. The molecular formula is C27H33F3O2. The Morgan fingerprint density at radius 1 is 0.844 bits per heavy atom. The topological polar surface area (TPSA) is 18.5 Å². The Morgan fingerprint density at radius 3 is 1.88 bits per heavy atom. The minimum absolute atomic E-state index is 0.00488. The molecule has 0 aliphatic carbocycles. The highest BCUT2D eigenvalue weighted by Crippen LogP contribution is 2.28. The predicted molar refractivity (Wildman–Crippen MR) is 129 cm³/mol. The number of ether oxygens (including phenoxy) is 2. The molecule has 0 aromatic rings. The zero-order chi connectivity index (χ0) is 25.0. The Hall–Kier alpha value is -3.05. The molecular weight excluding hydrogens is 413 g/mol. The van der Waals surface area contributed by atoms with Crippen LogP contribution >= 0.6 is 0 Å². The van der Waals surface area contributed by atoms with E-state index in [1.165, 1.54) is 24.3 Å². The Labute approximate surface area is 190 Å². The Morgan fingerprint density at radius 2 is 1.38 bits per heavy atom. The molecule has 0 bridgehead atoms. The third-order valence-corrected chi connectivity index (χ3v) is 4.14. The Kier molecular flexibility index (Phi) is 12.8. The minimum atomic E-state index is -1.30. The first-order valence-electron chi connectivity index (χ1n) is 9.94. The maximum absolute atomic E-state index is 14.5. The fourth-order valence-corrected chi connectivity index (χ4v) is 1.99. The first-order valence-corrected chi connectivity index (χ1v) is 9.94. The predicted octanol–water partition coefficient (Wildman–Crippen LogP) is 8.11. The van der Waals surface area contributed by atoms with E-state index < -0.39 is 23.2 Å². The molecule has 0 amide bonds. The summed E-state index contributed by atoms with van der Waals surface area (Å²) in [6.07, 6.45) is 4.93. The van der Waals surface area contributed by atoms with E-state index >= 15 is 0 Å². The lowest BCUT2D eigenvalue weighted by Gasteiger charge is -2.15. The highest BCUT2D eigenvalue weighted by Gasteiger charge is 2.16. The number of hydrogen-bond donors (Lipinski definition) is 0. The molecule has 0 aliphatic rings. The van der Waals surface area contributed by atoms with Crippen LogP contribution in [0.2, 0.25) is 0 Å². The van der Waals surface area contributed by atoms with Crippen LogP contribution in [-0.2, 0) is 9.47 Å². The van der Waals surface area contributed by atoms with E-state index in [1.54, 1.807) is 6.92 Å². The lowest BCUT2D eigenvalue weighted by Crippen LogP contribution is -2.13.